The monoisotopic (exact) mass is 363 g/mol. The molecular formula is C14H22ClN3O4S. The predicted molar refractivity (Wildman–Crippen MR) is 84.5 cm³/mol. The number of nitrogens with one attached hydrogen (secondary N) is 1. The van der Waals surface area contributed by atoms with Crippen molar-refractivity contribution in [1.29, 1.82) is 0 Å². The summed E-state index contributed by atoms with van der Waals surface area (Å²) in [4.78, 5) is 12.6. The summed E-state index contributed by atoms with van der Waals surface area (Å²) in [5.74, 6) is 0. The highest BCUT2D eigenvalue weighted by molar-refractivity contribution is 7.80. The average Bonchev–Trinajstić information content (AvgIpc) is 2.48. The summed E-state index contributed by atoms with van der Waals surface area (Å²) in [7, 11) is -3.34. The maximum Gasteiger partial charge on any atom is 0.441 e. The number of nitrogens with zero attached hydrogens (tertiary/aromatic N) is 1. The molecule has 1 aliphatic rings. The zero-order valence-electron chi connectivity index (χ0n) is 12.9. The van der Waals surface area contributed by atoms with Crippen LogP contribution in [-0.4, -0.2) is 36.0 Å². The molecule has 0 spiro atoms. The van der Waals surface area contributed by atoms with Crippen molar-refractivity contribution in [3.05, 3.63) is 24.3 Å². The number of hydrogen-bond acceptors (Lipinski definition) is 4. The molecule has 0 heterocycles. The first-order chi connectivity index (χ1) is 10.2. The summed E-state index contributed by atoms with van der Waals surface area (Å²) in [5, 5.41) is 2.55. The molecule has 0 bridgehead atoms. The van der Waals surface area contributed by atoms with Crippen molar-refractivity contribution in [3.8, 4) is 0 Å². The van der Waals surface area contributed by atoms with Crippen molar-refractivity contribution in [3.63, 3.8) is 0 Å². The van der Waals surface area contributed by atoms with Crippen LogP contribution in [0, 0.1) is 0 Å². The van der Waals surface area contributed by atoms with E-state index < -0.39 is 26.3 Å². The van der Waals surface area contributed by atoms with E-state index in [9.17, 15) is 17.8 Å². The average molecular weight is 364 g/mol. The van der Waals surface area contributed by atoms with Crippen LogP contribution >= 0.6 is 0 Å². The van der Waals surface area contributed by atoms with Crippen LogP contribution in [0.3, 0.4) is 0 Å². The van der Waals surface area contributed by atoms with E-state index in [-0.39, 0.29) is 12.4 Å². The molecule has 130 valence electrons. The predicted octanol–water partition coefficient (Wildman–Crippen LogP) is -0.613. The molecule has 0 aliphatic heterocycles. The van der Waals surface area contributed by atoms with Gasteiger partial charge in [0.15, 0.2) is 0 Å². The molecule has 2 rings (SSSR count). The molecule has 4 N–H and O–H groups in total. The molecule has 0 aromatic heterocycles. The molecule has 1 aromatic rings. The third kappa shape index (κ3) is 4.14. The molecule has 0 radical (unpaired) electrons. The molecule has 7 nitrogen and oxygen atoms in total. The Morgan fingerprint density at radius 2 is 1.74 bits per heavy atom. The zero-order chi connectivity index (χ0) is 16.4. The number of rotatable bonds is 3. The molecule has 1 atom stereocenters. The number of quaternary nitrogens is 1. The molecule has 1 fully saturated rings. The number of urea groups is 1. The lowest BCUT2D eigenvalue weighted by molar-refractivity contribution is -0.734. The van der Waals surface area contributed by atoms with E-state index in [0.29, 0.717) is 24.2 Å². The van der Waals surface area contributed by atoms with Crippen LogP contribution in [0.15, 0.2) is 24.3 Å². The van der Waals surface area contributed by atoms with E-state index in [0.717, 1.165) is 19.3 Å². The standard InChI is InChI=1S/C14H21N3O4S.ClH/c1-17(22(19,20)21,13-5-3-2-4-6-13)14(18)16-12-9-7-11(15)8-10-12;/h7-10,13H,2-6,15H2,1H3,(H-,16,18,19,20,21);1H. The minimum absolute atomic E-state index is 0. The summed E-state index contributed by atoms with van der Waals surface area (Å²) in [6.45, 7) is 0. The van der Waals surface area contributed by atoms with Crippen molar-refractivity contribution in [2.75, 3.05) is 18.1 Å². The van der Waals surface area contributed by atoms with Crippen LogP contribution in [0.5, 0.6) is 0 Å². The Kier molecular flexibility index (Phi) is 6.41. The molecule has 1 unspecified atom stereocenters. The second-order valence-electron chi connectivity index (χ2n) is 5.78. The number of carbonyl (C=O) groups is 1. The fourth-order valence-corrected chi connectivity index (χ4v) is 3.68. The van der Waals surface area contributed by atoms with Gasteiger partial charge < -0.3 is 18.1 Å². The highest BCUT2D eigenvalue weighted by Crippen LogP contribution is 2.31. The Bertz CT molecular complexity index is 644. The van der Waals surface area contributed by atoms with Crippen molar-refractivity contribution < 1.29 is 34.1 Å². The summed E-state index contributed by atoms with van der Waals surface area (Å²) in [6.07, 6.45) is 3.89. The van der Waals surface area contributed by atoms with E-state index in [2.05, 4.69) is 5.32 Å². The lowest BCUT2D eigenvalue weighted by Crippen LogP contribution is -3.00. The molecule has 2 amide bonds. The Hall–Kier alpha value is -1.35. The number of nitrogens with two attached hydrogens (primary N) is 1. The molecular weight excluding hydrogens is 342 g/mol. The van der Waals surface area contributed by atoms with Gasteiger partial charge in [0.05, 0.1) is 7.05 Å². The molecule has 1 aliphatic carbocycles. The molecule has 1 aromatic carbocycles. The Balaban J connectivity index is 0.00000264. The second-order valence-corrected chi connectivity index (χ2v) is 7.44. The summed E-state index contributed by atoms with van der Waals surface area (Å²) in [5.41, 5.74) is 6.55. The highest BCUT2D eigenvalue weighted by atomic mass is 35.5. The zero-order valence-corrected chi connectivity index (χ0v) is 14.5. The van der Waals surface area contributed by atoms with Gasteiger partial charge in [0, 0.05) is 24.2 Å². The summed E-state index contributed by atoms with van der Waals surface area (Å²) in [6, 6.07) is 5.17. The van der Waals surface area contributed by atoms with Gasteiger partial charge in [-0.25, -0.2) is 9.35 Å². The molecule has 9 heteroatoms. The van der Waals surface area contributed by atoms with Gasteiger partial charge in [-0.05, 0) is 37.1 Å². The molecule has 0 saturated heterocycles. The van der Waals surface area contributed by atoms with Crippen molar-refractivity contribution >= 4 is 27.7 Å². The van der Waals surface area contributed by atoms with Crippen LogP contribution in [0.4, 0.5) is 16.2 Å². The second kappa shape index (κ2) is 7.48. The van der Waals surface area contributed by atoms with Gasteiger partial charge in [-0.2, -0.15) is 0 Å². The van der Waals surface area contributed by atoms with Crippen molar-refractivity contribution in [2.24, 2.45) is 0 Å². The third-order valence-corrected chi connectivity index (χ3v) is 5.74. The number of hydrogen-bond donors (Lipinski definition) is 3. The van der Waals surface area contributed by atoms with E-state index in [1.807, 2.05) is 0 Å². The third-order valence-electron chi connectivity index (χ3n) is 4.32. The Morgan fingerprint density at radius 3 is 2.22 bits per heavy atom. The number of amides is 2. The van der Waals surface area contributed by atoms with Crippen LogP contribution in [0.1, 0.15) is 32.1 Å². The maximum absolute atomic E-state index is 12.6. The van der Waals surface area contributed by atoms with Gasteiger partial charge in [0.1, 0.15) is 6.04 Å². The van der Waals surface area contributed by atoms with E-state index in [4.69, 9.17) is 5.73 Å². The highest BCUT2D eigenvalue weighted by Gasteiger charge is 2.51. The summed E-state index contributed by atoms with van der Waals surface area (Å²) >= 11 is 0. The lowest BCUT2D eigenvalue weighted by atomic mass is 9.94. The van der Waals surface area contributed by atoms with E-state index in [1.54, 1.807) is 24.3 Å². The molecule has 1 saturated carbocycles. The SMILES string of the molecule is C[N+](C(=O)Nc1ccc(N)cc1)(C1CCCCC1)S(=O)(=O)O.[Cl-]. The minimum Gasteiger partial charge on any atom is -1.00 e. The van der Waals surface area contributed by atoms with E-state index in [1.165, 1.54) is 7.05 Å². The quantitative estimate of drug-likeness (QED) is 0.377. The van der Waals surface area contributed by atoms with Gasteiger partial charge in [-0.1, -0.05) is 6.42 Å². The number of benzene rings is 1. The van der Waals surface area contributed by atoms with E-state index >= 15 is 0 Å². The van der Waals surface area contributed by atoms with Crippen molar-refractivity contribution in [1.82, 2.24) is 0 Å². The van der Waals surface area contributed by atoms with Gasteiger partial charge in [-0.15, -0.1) is 12.3 Å². The maximum atomic E-state index is 12.6. The minimum atomic E-state index is -4.59. The van der Waals surface area contributed by atoms with Gasteiger partial charge >= 0.3 is 16.3 Å². The lowest BCUT2D eigenvalue weighted by Gasteiger charge is -2.36. The molecule has 23 heavy (non-hydrogen) atoms. The Morgan fingerprint density at radius 1 is 1.22 bits per heavy atom. The smallest absolute Gasteiger partial charge is 0.441 e. The van der Waals surface area contributed by atoms with Gasteiger partial charge in [-0.3, -0.25) is 5.32 Å². The van der Waals surface area contributed by atoms with Crippen LogP contribution in [-0.2, 0) is 10.3 Å². The first-order valence-electron chi connectivity index (χ1n) is 7.26. The Labute approximate surface area is 142 Å². The number of halogens is 1. The first kappa shape index (κ1) is 19.7. The van der Waals surface area contributed by atoms with Gasteiger partial charge in [0.2, 0.25) is 0 Å². The normalized spacial score (nSPS) is 18.5. The topological polar surface area (TPSA) is 109 Å². The largest absolute Gasteiger partial charge is 1.00 e. The van der Waals surface area contributed by atoms with Crippen LogP contribution < -0.4 is 23.5 Å². The fourth-order valence-electron chi connectivity index (χ4n) is 2.83. The number of nitrogen functional groups attached to an aromatic ring is 1. The fraction of sp³-hybridized carbons (Fsp3) is 0.500. The number of anilines is 2. The van der Waals surface area contributed by atoms with Crippen molar-refractivity contribution in [2.45, 2.75) is 38.1 Å². The van der Waals surface area contributed by atoms with Gasteiger partial charge in [0.25, 0.3) is 0 Å². The first-order valence-corrected chi connectivity index (χ1v) is 8.66. The van der Waals surface area contributed by atoms with Crippen LogP contribution in [0.25, 0.3) is 0 Å². The van der Waals surface area contributed by atoms with Crippen LogP contribution in [0.2, 0.25) is 0 Å². The summed E-state index contributed by atoms with van der Waals surface area (Å²) < 4.78 is 32.4. The number of carbonyl (C=O) groups excluding carboxylic acids is 1.